The molecule has 0 atom stereocenters. The molecule has 30 heavy (non-hydrogen) atoms. The molecule has 0 aliphatic heterocycles. The van der Waals surface area contributed by atoms with Gasteiger partial charge in [0.25, 0.3) is 0 Å². The largest absolute Gasteiger partial charge is 0.417 e. The number of nitrogens with one attached hydrogen (secondary N) is 1. The Bertz CT molecular complexity index is 1050. The monoisotopic (exact) mass is 469 g/mol. The lowest BCUT2D eigenvalue weighted by atomic mass is 10.2. The van der Waals surface area contributed by atoms with Gasteiger partial charge >= 0.3 is 12.4 Å². The molecule has 0 aromatic carbocycles. The van der Waals surface area contributed by atoms with E-state index >= 15 is 0 Å². The Hall–Kier alpha value is -2.53. The third-order valence-corrected chi connectivity index (χ3v) is 4.44. The third kappa shape index (κ3) is 5.14. The fourth-order valence-corrected chi connectivity index (χ4v) is 2.91. The molecule has 160 valence electrons. The molecule has 1 N–H and O–H groups in total. The molecule has 3 aromatic heterocycles. The van der Waals surface area contributed by atoms with E-state index in [0.29, 0.717) is 24.5 Å². The summed E-state index contributed by atoms with van der Waals surface area (Å²) in [6, 6.07) is 1.54. The number of alkyl halides is 6. The van der Waals surface area contributed by atoms with Crippen molar-refractivity contribution < 1.29 is 26.3 Å². The summed E-state index contributed by atoms with van der Waals surface area (Å²) in [4.78, 5) is 11.5. The van der Waals surface area contributed by atoms with Crippen LogP contribution in [0.15, 0.2) is 37.1 Å². The summed E-state index contributed by atoms with van der Waals surface area (Å²) >= 11 is 11.7. The molecule has 0 aliphatic carbocycles. The Kier molecular flexibility index (Phi) is 6.14. The zero-order chi connectivity index (χ0) is 22.1. The second kappa shape index (κ2) is 8.31. The van der Waals surface area contributed by atoms with Gasteiger partial charge in [0, 0.05) is 31.6 Å². The quantitative estimate of drug-likeness (QED) is 0.489. The Morgan fingerprint density at radius 3 is 2.03 bits per heavy atom. The molecular weight excluding hydrogens is 459 g/mol. The van der Waals surface area contributed by atoms with Gasteiger partial charge in [-0.3, -0.25) is 4.57 Å². The first-order chi connectivity index (χ1) is 13.9. The number of hydrogen-bond acceptors (Lipinski definition) is 4. The van der Waals surface area contributed by atoms with Gasteiger partial charge in [0.15, 0.2) is 5.82 Å². The number of imidazole rings is 1. The minimum Gasteiger partial charge on any atom is -0.368 e. The molecule has 0 radical (unpaired) electrons. The maximum absolute atomic E-state index is 12.7. The molecule has 0 aliphatic rings. The lowest BCUT2D eigenvalue weighted by Crippen LogP contribution is -2.10. The Labute approximate surface area is 175 Å². The van der Waals surface area contributed by atoms with Crippen LogP contribution in [0.25, 0.3) is 5.82 Å². The second-order valence-corrected chi connectivity index (χ2v) is 6.84. The first kappa shape index (κ1) is 22.2. The second-order valence-electron chi connectivity index (χ2n) is 6.03. The lowest BCUT2D eigenvalue weighted by Gasteiger charge is -2.10. The number of aromatic nitrogens is 4. The number of halogens is 8. The SMILES string of the molecule is FC(F)(F)c1cnc(NCCc2cn(-c3ncc(C(F)(F)F)cc3Cl)cn2)c(Cl)c1. The van der Waals surface area contributed by atoms with Crippen LogP contribution in [0.1, 0.15) is 16.8 Å². The highest BCUT2D eigenvalue weighted by Gasteiger charge is 2.32. The summed E-state index contributed by atoms with van der Waals surface area (Å²) in [5, 5.41) is 2.41. The molecule has 3 rings (SSSR count). The highest BCUT2D eigenvalue weighted by atomic mass is 35.5. The van der Waals surface area contributed by atoms with Crippen molar-refractivity contribution in [1.29, 1.82) is 0 Å². The van der Waals surface area contributed by atoms with Gasteiger partial charge in [0.2, 0.25) is 0 Å². The van der Waals surface area contributed by atoms with Crippen LogP contribution in [0.3, 0.4) is 0 Å². The number of nitrogens with zero attached hydrogens (tertiary/aromatic N) is 4. The summed E-state index contributed by atoms with van der Waals surface area (Å²) in [5.74, 6) is 0.153. The summed E-state index contributed by atoms with van der Waals surface area (Å²) < 4.78 is 77.3. The predicted molar refractivity (Wildman–Crippen MR) is 97.8 cm³/mol. The van der Waals surface area contributed by atoms with E-state index in [1.54, 1.807) is 0 Å². The van der Waals surface area contributed by atoms with Crippen LogP contribution in [0.2, 0.25) is 10.0 Å². The van der Waals surface area contributed by atoms with Gasteiger partial charge in [-0.25, -0.2) is 15.0 Å². The standard InChI is InChI=1S/C17H11Cl2F6N5/c18-12-3-9(16(20,21)22)5-27-14(12)26-2-1-11-7-30(8-29-11)15-13(19)4-10(6-28-15)17(23,24)25/h3-8H,1-2H2,(H,26,27). The van der Waals surface area contributed by atoms with Gasteiger partial charge in [0.1, 0.15) is 12.1 Å². The molecule has 0 amide bonds. The lowest BCUT2D eigenvalue weighted by molar-refractivity contribution is -0.138. The van der Waals surface area contributed by atoms with Crippen molar-refractivity contribution in [2.24, 2.45) is 0 Å². The molecule has 0 bridgehead atoms. The molecule has 3 aromatic rings. The molecular formula is C17H11Cl2F6N5. The molecule has 0 fully saturated rings. The Morgan fingerprint density at radius 2 is 1.47 bits per heavy atom. The molecule has 0 unspecified atom stereocenters. The van der Waals surface area contributed by atoms with Gasteiger partial charge in [0.05, 0.1) is 26.9 Å². The summed E-state index contributed by atoms with van der Waals surface area (Å²) in [7, 11) is 0. The molecule has 3 heterocycles. The molecule has 5 nitrogen and oxygen atoms in total. The number of hydrogen-bond donors (Lipinski definition) is 1. The highest BCUT2D eigenvalue weighted by molar-refractivity contribution is 6.33. The number of rotatable bonds is 5. The van der Waals surface area contributed by atoms with Crippen molar-refractivity contribution in [2.75, 3.05) is 11.9 Å². The van der Waals surface area contributed by atoms with Crippen LogP contribution in [0.5, 0.6) is 0 Å². The summed E-state index contributed by atoms with van der Waals surface area (Å²) in [6.45, 7) is 0.239. The van der Waals surface area contributed by atoms with E-state index in [-0.39, 0.29) is 28.2 Å². The van der Waals surface area contributed by atoms with Crippen molar-refractivity contribution in [3.63, 3.8) is 0 Å². The van der Waals surface area contributed by atoms with Crippen LogP contribution >= 0.6 is 23.2 Å². The van der Waals surface area contributed by atoms with E-state index < -0.39 is 23.5 Å². The minimum atomic E-state index is -4.56. The molecule has 0 saturated heterocycles. The highest BCUT2D eigenvalue weighted by Crippen LogP contribution is 2.33. The Morgan fingerprint density at radius 1 is 0.867 bits per heavy atom. The van der Waals surface area contributed by atoms with Crippen LogP contribution in [-0.2, 0) is 18.8 Å². The molecule has 0 saturated carbocycles. The van der Waals surface area contributed by atoms with Gasteiger partial charge in [-0.15, -0.1) is 0 Å². The van der Waals surface area contributed by atoms with Crippen LogP contribution in [0, 0.1) is 0 Å². The molecule has 0 spiro atoms. The smallest absolute Gasteiger partial charge is 0.368 e. The normalized spacial score (nSPS) is 12.3. The van der Waals surface area contributed by atoms with E-state index in [0.717, 1.165) is 12.1 Å². The van der Waals surface area contributed by atoms with Crippen molar-refractivity contribution >= 4 is 29.0 Å². The maximum Gasteiger partial charge on any atom is 0.417 e. The average Bonchev–Trinajstić information content (AvgIpc) is 3.10. The maximum atomic E-state index is 12.7. The summed E-state index contributed by atoms with van der Waals surface area (Å²) in [6.07, 6.45) is -4.60. The zero-order valence-corrected chi connectivity index (χ0v) is 16.2. The minimum absolute atomic E-state index is 0.0730. The van der Waals surface area contributed by atoms with Crippen molar-refractivity contribution in [3.05, 3.63) is 63.9 Å². The van der Waals surface area contributed by atoms with Crippen molar-refractivity contribution in [1.82, 2.24) is 19.5 Å². The van der Waals surface area contributed by atoms with Crippen LogP contribution in [0.4, 0.5) is 32.2 Å². The summed E-state index contributed by atoms with van der Waals surface area (Å²) in [5.41, 5.74) is -1.40. The van der Waals surface area contributed by atoms with Crippen LogP contribution < -0.4 is 5.32 Å². The van der Waals surface area contributed by atoms with Crippen molar-refractivity contribution in [2.45, 2.75) is 18.8 Å². The van der Waals surface area contributed by atoms with Gasteiger partial charge in [-0.1, -0.05) is 23.2 Å². The van der Waals surface area contributed by atoms with E-state index in [2.05, 4.69) is 20.3 Å². The zero-order valence-electron chi connectivity index (χ0n) is 14.7. The van der Waals surface area contributed by atoms with E-state index in [1.165, 1.54) is 17.1 Å². The van der Waals surface area contributed by atoms with Gasteiger partial charge in [-0.2, -0.15) is 26.3 Å². The fourth-order valence-electron chi connectivity index (χ4n) is 2.42. The Balaban J connectivity index is 1.64. The predicted octanol–water partition coefficient (Wildman–Crippen LogP) is 5.66. The van der Waals surface area contributed by atoms with Gasteiger partial charge in [-0.05, 0) is 12.1 Å². The fraction of sp³-hybridized carbons (Fsp3) is 0.235. The number of anilines is 1. The van der Waals surface area contributed by atoms with E-state index in [1.807, 2.05) is 0 Å². The third-order valence-electron chi connectivity index (χ3n) is 3.87. The first-order valence-corrected chi connectivity index (χ1v) is 8.93. The van der Waals surface area contributed by atoms with Crippen LogP contribution in [-0.4, -0.2) is 26.1 Å². The number of pyridine rings is 2. The van der Waals surface area contributed by atoms with E-state index in [9.17, 15) is 26.3 Å². The van der Waals surface area contributed by atoms with Gasteiger partial charge < -0.3 is 5.32 Å². The first-order valence-electron chi connectivity index (χ1n) is 8.18. The van der Waals surface area contributed by atoms with E-state index in [4.69, 9.17) is 23.2 Å². The average molecular weight is 470 g/mol. The topological polar surface area (TPSA) is 55.6 Å². The molecule has 13 heteroatoms. The van der Waals surface area contributed by atoms with Crippen molar-refractivity contribution in [3.8, 4) is 5.82 Å².